The van der Waals surface area contributed by atoms with Crippen molar-refractivity contribution in [2.45, 2.75) is 6.54 Å². The molecule has 0 fully saturated rings. The summed E-state index contributed by atoms with van der Waals surface area (Å²) < 4.78 is 11.2. The number of benzene rings is 1. The molecule has 94 valence electrons. The molecule has 0 amide bonds. The Morgan fingerprint density at radius 2 is 2.11 bits per heavy atom. The first kappa shape index (κ1) is 12.1. The maximum atomic E-state index is 11.1. The molecule has 0 atom stereocenters. The minimum absolute atomic E-state index is 0.0403. The summed E-state index contributed by atoms with van der Waals surface area (Å²) in [5, 5.41) is 4.20. The van der Waals surface area contributed by atoms with Gasteiger partial charge in [-0.3, -0.25) is 4.79 Å². The van der Waals surface area contributed by atoms with Gasteiger partial charge in [-0.15, -0.1) is 0 Å². The molecule has 0 spiro atoms. The molecule has 0 bridgehead atoms. The Bertz CT molecular complexity index is 551. The molecular formula is C12H13N3O3. The molecular weight excluding hydrogens is 234 g/mol. The average Bonchev–Trinajstić information content (AvgIpc) is 2.86. The summed E-state index contributed by atoms with van der Waals surface area (Å²) in [7, 11) is 2.92. The maximum absolute atomic E-state index is 11.1. The van der Waals surface area contributed by atoms with E-state index in [1.807, 2.05) is 24.3 Å². The van der Waals surface area contributed by atoms with E-state index in [0.717, 1.165) is 5.56 Å². The van der Waals surface area contributed by atoms with E-state index in [4.69, 9.17) is 4.74 Å². The molecule has 2 aromatic rings. The molecule has 2 rings (SSSR count). The van der Waals surface area contributed by atoms with Gasteiger partial charge < -0.3 is 9.47 Å². The Morgan fingerprint density at radius 3 is 2.83 bits per heavy atom. The molecule has 0 radical (unpaired) electrons. The van der Waals surface area contributed by atoms with Crippen molar-refractivity contribution in [3.63, 3.8) is 0 Å². The molecule has 1 heterocycles. The molecule has 18 heavy (non-hydrogen) atoms. The van der Waals surface area contributed by atoms with Crippen molar-refractivity contribution in [3.8, 4) is 17.1 Å². The van der Waals surface area contributed by atoms with Crippen LogP contribution >= 0.6 is 0 Å². The fourth-order valence-corrected chi connectivity index (χ4v) is 1.52. The molecule has 1 aromatic carbocycles. The third-order valence-electron chi connectivity index (χ3n) is 2.40. The van der Waals surface area contributed by atoms with Crippen LogP contribution in [0.2, 0.25) is 0 Å². The van der Waals surface area contributed by atoms with Gasteiger partial charge in [-0.25, -0.2) is 9.67 Å². The second-order valence-electron chi connectivity index (χ2n) is 3.54. The van der Waals surface area contributed by atoms with Crippen molar-refractivity contribution in [3.05, 3.63) is 30.6 Å². The van der Waals surface area contributed by atoms with Gasteiger partial charge in [0.15, 0.2) is 5.82 Å². The third-order valence-corrected chi connectivity index (χ3v) is 2.40. The second-order valence-corrected chi connectivity index (χ2v) is 3.54. The van der Waals surface area contributed by atoms with Crippen molar-refractivity contribution < 1.29 is 14.3 Å². The maximum Gasteiger partial charge on any atom is 0.327 e. The SMILES string of the molecule is COC(=O)Cn1cnc(-c2ccccc2OC)n1. The smallest absolute Gasteiger partial charge is 0.327 e. The number of hydrogen-bond donors (Lipinski definition) is 0. The summed E-state index contributed by atoms with van der Waals surface area (Å²) in [5.74, 6) is 0.830. The van der Waals surface area contributed by atoms with Crippen molar-refractivity contribution in [1.82, 2.24) is 14.8 Å². The monoisotopic (exact) mass is 247 g/mol. The normalized spacial score (nSPS) is 10.1. The fraction of sp³-hybridized carbons (Fsp3) is 0.250. The van der Waals surface area contributed by atoms with Crippen LogP contribution in [0.3, 0.4) is 0 Å². The first-order valence-corrected chi connectivity index (χ1v) is 5.34. The summed E-state index contributed by atoms with van der Waals surface area (Å²) in [6.45, 7) is 0.0403. The van der Waals surface area contributed by atoms with Crippen LogP contribution in [0.25, 0.3) is 11.4 Å². The number of esters is 1. The Balaban J connectivity index is 2.26. The number of nitrogens with zero attached hydrogens (tertiary/aromatic N) is 3. The molecule has 6 nitrogen and oxygen atoms in total. The zero-order valence-corrected chi connectivity index (χ0v) is 10.2. The summed E-state index contributed by atoms with van der Waals surface area (Å²) in [6, 6.07) is 7.43. The number of carbonyl (C=O) groups excluding carboxylic acids is 1. The fourth-order valence-electron chi connectivity index (χ4n) is 1.52. The lowest BCUT2D eigenvalue weighted by Gasteiger charge is -2.04. The lowest BCUT2D eigenvalue weighted by atomic mass is 10.2. The average molecular weight is 247 g/mol. The minimum Gasteiger partial charge on any atom is -0.496 e. The van der Waals surface area contributed by atoms with Crippen LogP contribution in [0.5, 0.6) is 5.75 Å². The first-order chi connectivity index (χ1) is 8.74. The molecule has 0 aliphatic carbocycles. The van der Waals surface area contributed by atoms with E-state index in [1.54, 1.807) is 7.11 Å². The molecule has 0 unspecified atom stereocenters. The van der Waals surface area contributed by atoms with E-state index in [1.165, 1.54) is 18.1 Å². The topological polar surface area (TPSA) is 66.2 Å². The molecule has 6 heteroatoms. The molecule has 0 saturated heterocycles. The van der Waals surface area contributed by atoms with Gasteiger partial charge in [0.25, 0.3) is 0 Å². The van der Waals surface area contributed by atoms with E-state index >= 15 is 0 Å². The highest BCUT2D eigenvalue weighted by Gasteiger charge is 2.11. The number of ether oxygens (including phenoxy) is 2. The second kappa shape index (κ2) is 5.31. The molecule has 0 aliphatic rings. The van der Waals surface area contributed by atoms with Crippen LogP contribution in [-0.4, -0.2) is 35.0 Å². The molecule has 0 aliphatic heterocycles. The lowest BCUT2D eigenvalue weighted by molar-refractivity contribution is -0.141. The Kier molecular flexibility index (Phi) is 3.57. The Morgan fingerprint density at radius 1 is 1.33 bits per heavy atom. The van der Waals surface area contributed by atoms with Gasteiger partial charge >= 0.3 is 5.97 Å². The van der Waals surface area contributed by atoms with Gasteiger partial charge in [0.1, 0.15) is 18.6 Å². The highest BCUT2D eigenvalue weighted by atomic mass is 16.5. The summed E-state index contributed by atoms with van der Waals surface area (Å²) in [6.07, 6.45) is 1.48. The molecule has 0 saturated carbocycles. The van der Waals surface area contributed by atoms with Crippen LogP contribution in [0.15, 0.2) is 30.6 Å². The first-order valence-electron chi connectivity index (χ1n) is 5.34. The quantitative estimate of drug-likeness (QED) is 0.757. The van der Waals surface area contributed by atoms with E-state index in [9.17, 15) is 4.79 Å². The van der Waals surface area contributed by atoms with Crippen molar-refractivity contribution >= 4 is 5.97 Å². The predicted octanol–water partition coefficient (Wildman–Crippen LogP) is 1.13. The van der Waals surface area contributed by atoms with E-state index in [0.29, 0.717) is 11.6 Å². The summed E-state index contributed by atoms with van der Waals surface area (Å²) in [5.41, 5.74) is 0.781. The van der Waals surface area contributed by atoms with Crippen molar-refractivity contribution in [2.75, 3.05) is 14.2 Å². The van der Waals surface area contributed by atoms with E-state index < -0.39 is 0 Å². The predicted molar refractivity (Wildman–Crippen MR) is 64.0 cm³/mol. The van der Waals surface area contributed by atoms with Crippen LogP contribution in [0, 0.1) is 0 Å². The van der Waals surface area contributed by atoms with Crippen LogP contribution in [0.4, 0.5) is 0 Å². The number of aromatic nitrogens is 3. The van der Waals surface area contributed by atoms with Gasteiger partial charge in [-0.2, -0.15) is 5.10 Å². The number of rotatable bonds is 4. The van der Waals surface area contributed by atoms with Gasteiger partial charge in [0, 0.05) is 0 Å². The summed E-state index contributed by atoms with van der Waals surface area (Å²) in [4.78, 5) is 15.3. The summed E-state index contributed by atoms with van der Waals surface area (Å²) >= 11 is 0. The molecule has 1 aromatic heterocycles. The van der Waals surface area contributed by atoms with Gasteiger partial charge in [-0.1, -0.05) is 12.1 Å². The van der Waals surface area contributed by atoms with Gasteiger partial charge in [0.2, 0.25) is 0 Å². The number of hydrogen-bond acceptors (Lipinski definition) is 5. The largest absolute Gasteiger partial charge is 0.496 e. The lowest BCUT2D eigenvalue weighted by Crippen LogP contribution is -2.11. The standard InChI is InChI=1S/C12H13N3O3/c1-17-10-6-4-3-5-9(10)12-13-8-15(14-12)7-11(16)18-2/h3-6,8H,7H2,1-2H3. The van der Waals surface area contributed by atoms with Crippen LogP contribution in [0.1, 0.15) is 0 Å². The van der Waals surface area contributed by atoms with Gasteiger partial charge in [-0.05, 0) is 12.1 Å². The highest BCUT2D eigenvalue weighted by molar-refractivity contribution is 5.69. The Hall–Kier alpha value is -2.37. The third kappa shape index (κ3) is 2.48. The minimum atomic E-state index is -0.369. The number of carbonyl (C=O) groups is 1. The van der Waals surface area contributed by atoms with E-state index in [2.05, 4.69) is 14.8 Å². The zero-order valence-electron chi connectivity index (χ0n) is 10.2. The highest BCUT2D eigenvalue weighted by Crippen LogP contribution is 2.26. The van der Waals surface area contributed by atoms with Gasteiger partial charge in [0.05, 0.1) is 19.8 Å². The Labute approximate surface area is 104 Å². The zero-order chi connectivity index (χ0) is 13.0. The number of methoxy groups -OCH3 is 2. The number of para-hydroxylation sites is 1. The van der Waals surface area contributed by atoms with Crippen LogP contribution in [-0.2, 0) is 16.1 Å². The van der Waals surface area contributed by atoms with Crippen molar-refractivity contribution in [2.24, 2.45) is 0 Å². The van der Waals surface area contributed by atoms with Crippen molar-refractivity contribution in [1.29, 1.82) is 0 Å². The van der Waals surface area contributed by atoms with E-state index in [-0.39, 0.29) is 12.5 Å². The van der Waals surface area contributed by atoms with Crippen LogP contribution < -0.4 is 4.74 Å². The molecule has 0 N–H and O–H groups in total.